The van der Waals surface area contributed by atoms with E-state index in [0.29, 0.717) is 6.54 Å². The number of aromatic carboxylic acids is 1. The molecule has 1 aromatic heterocycles. The first-order chi connectivity index (χ1) is 7.78. The molecule has 1 rings (SSSR count). The van der Waals surface area contributed by atoms with Crippen LogP contribution in [0.3, 0.4) is 0 Å². The van der Waals surface area contributed by atoms with Crippen molar-refractivity contribution in [2.75, 3.05) is 13.6 Å². The Morgan fingerprint density at radius 3 is 2.59 bits per heavy atom. The Morgan fingerprint density at radius 2 is 2.06 bits per heavy atom. The first-order valence-corrected chi connectivity index (χ1v) is 5.66. The van der Waals surface area contributed by atoms with Gasteiger partial charge in [-0.2, -0.15) is 0 Å². The van der Waals surface area contributed by atoms with E-state index in [9.17, 15) is 4.79 Å². The number of carboxylic acid groups (broad SMARTS) is 1. The zero-order chi connectivity index (χ0) is 13.1. The summed E-state index contributed by atoms with van der Waals surface area (Å²) >= 11 is 0. The van der Waals surface area contributed by atoms with E-state index in [1.807, 2.05) is 13.1 Å². The third-order valence-corrected chi connectivity index (χ3v) is 2.20. The summed E-state index contributed by atoms with van der Waals surface area (Å²) < 4.78 is 0. The van der Waals surface area contributed by atoms with E-state index < -0.39 is 5.97 Å². The predicted molar refractivity (Wildman–Crippen MR) is 67.0 cm³/mol. The second-order valence-corrected chi connectivity index (χ2v) is 5.55. The van der Waals surface area contributed by atoms with Gasteiger partial charge in [0.05, 0.1) is 5.69 Å². The molecule has 0 aliphatic rings. The molecule has 0 unspecified atom stereocenters. The lowest BCUT2D eigenvalue weighted by molar-refractivity contribution is 0.0689. The molecule has 0 aromatic carbocycles. The molecule has 0 saturated heterocycles. The maximum absolute atomic E-state index is 10.8. The van der Waals surface area contributed by atoms with Crippen LogP contribution in [0.4, 0.5) is 0 Å². The van der Waals surface area contributed by atoms with Gasteiger partial charge in [-0.25, -0.2) is 9.78 Å². The molecule has 4 heteroatoms. The molecule has 0 fully saturated rings. The van der Waals surface area contributed by atoms with Crippen LogP contribution in [0.1, 0.15) is 37.0 Å². The summed E-state index contributed by atoms with van der Waals surface area (Å²) in [4.78, 5) is 17.0. The molecule has 0 radical (unpaired) electrons. The van der Waals surface area contributed by atoms with E-state index in [4.69, 9.17) is 5.11 Å². The lowest BCUT2D eigenvalue weighted by Gasteiger charge is -2.26. The van der Waals surface area contributed by atoms with Gasteiger partial charge >= 0.3 is 5.97 Å². The standard InChI is InChI=1S/C13H20N2O2/c1-13(2,3)9-15(4)8-10-6-5-7-11(14-10)12(16)17/h5-7H,8-9H2,1-4H3,(H,16,17). The van der Waals surface area contributed by atoms with Gasteiger partial charge in [0, 0.05) is 13.1 Å². The number of rotatable bonds is 4. The summed E-state index contributed by atoms with van der Waals surface area (Å²) in [5, 5.41) is 8.85. The lowest BCUT2D eigenvalue weighted by atomic mass is 9.96. The molecule has 1 heterocycles. The predicted octanol–water partition coefficient (Wildman–Crippen LogP) is 2.26. The van der Waals surface area contributed by atoms with Crippen LogP contribution >= 0.6 is 0 Å². The Hall–Kier alpha value is -1.42. The quantitative estimate of drug-likeness (QED) is 0.871. The Bertz CT molecular complexity index is 397. The van der Waals surface area contributed by atoms with Crippen molar-refractivity contribution in [3.05, 3.63) is 29.6 Å². The van der Waals surface area contributed by atoms with Crippen LogP contribution in [0, 0.1) is 5.41 Å². The van der Waals surface area contributed by atoms with Crippen molar-refractivity contribution >= 4 is 5.97 Å². The summed E-state index contributed by atoms with van der Waals surface area (Å²) in [5.74, 6) is -0.981. The molecule has 0 amide bonds. The van der Waals surface area contributed by atoms with E-state index in [1.165, 1.54) is 6.07 Å². The fourth-order valence-electron chi connectivity index (χ4n) is 1.83. The first kappa shape index (κ1) is 13.6. The van der Waals surface area contributed by atoms with Gasteiger partial charge in [-0.05, 0) is 24.6 Å². The fourth-order valence-corrected chi connectivity index (χ4v) is 1.83. The van der Waals surface area contributed by atoms with Gasteiger partial charge in [0.25, 0.3) is 0 Å². The highest BCUT2D eigenvalue weighted by Gasteiger charge is 2.14. The van der Waals surface area contributed by atoms with Crippen LogP contribution in [0.25, 0.3) is 0 Å². The van der Waals surface area contributed by atoms with E-state index in [1.54, 1.807) is 6.07 Å². The Balaban J connectivity index is 2.68. The van der Waals surface area contributed by atoms with Gasteiger partial charge in [0.1, 0.15) is 5.69 Å². The fraction of sp³-hybridized carbons (Fsp3) is 0.538. The molecule has 0 aliphatic carbocycles. The van der Waals surface area contributed by atoms with Crippen LogP contribution in [0.2, 0.25) is 0 Å². The maximum Gasteiger partial charge on any atom is 0.354 e. The molecule has 0 saturated carbocycles. The van der Waals surface area contributed by atoms with Crippen molar-refractivity contribution in [1.82, 2.24) is 9.88 Å². The zero-order valence-corrected chi connectivity index (χ0v) is 10.9. The van der Waals surface area contributed by atoms with E-state index in [2.05, 4.69) is 30.7 Å². The molecule has 4 nitrogen and oxygen atoms in total. The second-order valence-electron chi connectivity index (χ2n) is 5.55. The molecule has 0 atom stereocenters. The molecular formula is C13H20N2O2. The summed E-state index contributed by atoms with van der Waals surface area (Å²) in [6.45, 7) is 8.12. The molecule has 1 aromatic rings. The van der Waals surface area contributed by atoms with Crippen molar-refractivity contribution in [3.8, 4) is 0 Å². The smallest absolute Gasteiger partial charge is 0.354 e. The average molecular weight is 236 g/mol. The van der Waals surface area contributed by atoms with Crippen molar-refractivity contribution in [2.24, 2.45) is 5.41 Å². The zero-order valence-electron chi connectivity index (χ0n) is 10.9. The van der Waals surface area contributed by atoms with Gasteiger partial charge < -0.3 is 10.0 Å². The van der Waals surface area contributed by atoms with E-state index in [0.717, 1.165) is 12.2 Å². The largest absolute Gasteiger partial charge is 0.477 e. The van der Waals surface area contributed by atoms with Crippen molar-refractivity contribution in [2.45, 2.75) is 27.3 Å². The van der Waals surface area contributed by atoms with Gasteiger partial charge in [-0.1, -0.05) is 26.8 Å². The number of carbonyl (C=O) groups is 1. The number of hydrogen-bond donors (Lipinski definition) is 1. The maximum atomic E-state index is 10.8. The SMILES string of the molecule is CN(Cc1cccc(C(=O)O)n1)CC(C)(C)C. The highest BCUT2D eigenvalue weighted by molar-refractivity contribution is 5.85. The molecule has 1 N–H and O–H groups in total. The van der Waals surface area contributed by atoms with Gasteiger partial charge in [0.2, 0.25) is 0 Å². The summed E-state index contributed by atoms with van der Waals surface area (Å²) in [6, 6.07) is 5.10. The van der Waals surface area contributed by atoms with Crippen molar-refractivity contribution in [1.29, 1.82) is 0 Å². The highest BCUT2D eigenvalue weighted by Crippen LogP contribution is 2.15. The number of carboxylic acids is 1. The minimum atomic E-state index is -0.981. The van der Waals surface area contributed by atoms with Crippen LogP contribution in [0.15, 0.2) is 18.2 Å². The Morgan fingerprint density at radius 1 is 1.41 bits per heavy atom. The van der Waals surface area contributed by atoms with Crippen molar-refractivity contribution < 1.29 is 9.90 Å². The molecule has 17 heavy (non-hydrogen) atoms. The number of pyridine rings is 1. The number of aromatic nitrogens is 1. The minimum absolute atomic E-state index is 0.103. The number of nitrogens with zero attached hydrogens (tertiary/aromatic N) is 2. The Labute approximate surface area is 102 Å². The van der Waals surface area contributed by atoms with Gasteiger partial charge in [-0.3, -0.25) is 0 Å². The Kier molecular flexibility index (Phi) is 4.23. The summed E-state index contributed by atoms with van der Waals surface area (Å²) in [7, 11) is 2.01. The normalized spacial score (nSPS) is 11.8. The topological polar surface area (TPSA) is 53.4 Å². The lowest BCUT2D eigenvalue weighted by Crippen LogP contribution is -2.29. The third-order valence-electron chi connectivity index (χ3n) is 2.20. The summed E-state index contributed by atoms with van der Waals surface area (Å²) in [6.07, 6.45) is 0. The summed E-state index contributed by atoms with van der Waals surface area (Å²) in [5.41, 5.74) is 1.11. The monoisotopic (exact) mass is 236 g/mol. The molecule has 0 bridgehead atoms. The molecule has 0 spiro atoms. The average Bonchev–Trinajstić information content (AvgIpc) is 2.14. The second kappa shape index (κ2) is 5.27. The van der Waals surface area contributed by atoms with Crippen LogP contribution < -0.4 is 0 Å². The van der Waals surface area contributed by atoms with Crippen LogP contribution in [-0.2, 0) is 6.54 Å². The van der Waals surface area contributed by atoms with Crippen LogP contribution in [-0.4, -0.2) is 34.6 Å². The third kappa shape index (κ3) is 4.95. The first-order valence-electron chi connectivity index (χ1n) is 5.66. The van der Waals surface area contributed by atoms with Gasteiger partial charge in [0.15, 0.2) is 0 Å². The molecular weight excluding hydrogens is 216 g/mol. The van der Waals surface area contributed by atoms with Crippen molar-refractivity contribution in [3.63, 3.8) is 0 Å². The number of hydrogen-bond acceptors (Lipinski definition) is 3. The van der Waals surface area contributed by atoms with E-state index >= 15 is 0 Å². The highest BCUT2D eigenvalue weighted by atomic mass is 16.4. The molecule has 0 aliphatic heterocycles. The minimum Gasteiger partial charge on any atom is -0.477 e. The van der Waals surface area contributed by atoms with Gasteiger partial charge in [-0.15, -0.1) is 0 Å². The van der Waals surface area contributed by atoms with E-state index in [-0.39, 0.29) is 11.1 Å². The van der Waals surface area contributed by atoms with Crippen LogP contribution in [0.5, 0.6) is 0 Å². The molecule has 94 valence electrons.